The fraction of sp³-hybridized carbons (Fsp3) is 0.278. The number of hydrogen-bond acceptors (Lipinski definition) is 2. The zero-order chi connectivity index (χ0) is 14.8. The molecule has 3 heteroatoms. The van der Waals surface area contributed by atoms with E-state index in [9.17, 15) is 9.90 Å². The van der Waals surface area contributed by atoms with E-state index in [2.05, 4.69) is 30.0 Å². The number of nitrogens with zero attached hydrogens (tertiary/aromatic N) is 1. The van der Waals surface area contributed by atoms with Crippen LogP contribution in [0.3, 0.4) is 0 Å². The van der Waals surface area contributed by atoms with Gasteiger partial charge in [-0.1, -0.05) is 35.9 Å². The molecule has 0 aromatic heterocycles. The minimum absolute atomic E-state index is 0.400. The third-order valence-electron chi connectivity index (χ3n) is 4.06. The van der Waals surface area contributed by atoms with Crippen molar-refractivity contribution in [1.29, 1.82) is 0 Å². The second-order valence-corrected chi connectivity index (χ2v) is 5.62. The molecule has 1 heterocycles. The third-order valence-corrected chi connectivity index (χ3v) is 4.06. The summed E-state index contributed by atoms with van der Waals surface area (Å²) in [7, 11) is 0. The lowest BCUT2D eigenvalue weighted by molar-refractivity contribution is 0.0695. The van der Waals surface area contributed by atoms with Gasteiger partial charge in [0.1, 0.15) is 0 Å². The summed E-state index contributed by atoms with van der Waals surface area (Å²) in [6.45, 7) is 3.74. The smallest absolute Gasteiger partial charge is 0.336 e. The van der Waals surface area contributed by atoms with Gasteiger partial charge in [0, 0.05) is 18.8 Å². The summed E-state index contributed by atoms with van der Waals surface area (Å²) >= 11 is 0. The second-order valence-electron chi connectivity index (χ2n) is 5.62. The van der Waals surface area contributed by atoms with Crippen LogP contribution in [0.2, 0.25) is 0 Å². The van der Waals surface area contributed by atoms with E-state index in [4.69, 9.17) is 0 Å². The van der Waals surface area contributed by atoms with Crippen molar-refractivity contribution in [2.75, 3.05) is 11.4 Å². The van der Waals surface area contributed by atoms with Crippen molar-refractivity contribution in [3.05, 3.63) is 64.7 Å². The van der Waals surface area contributed by atoms with Crippen LogP contribution in [0.5, 0.6) is 0 Å². The standard InChI is InChI=1S/C18H19NO2/c1-13-8-9-17-14(11-13)6-4-10-19(17)12-15-5-2-3-7-16(15)18(20)21/h2-3,5,7-9,11H,4,6,10,12H2,1H3,(H,20,21). The Morgan fingerprint density at radius 2 is 2.05 bits per heavy atom. The number of carboxylic acids is 1. The molecule has 1 aliphatic rings. The Labute approximate surface area is 124 Å². The third kappa shape index (κ3) is 2.77. The van der Waals surface area contributed by atoms with Gasteiger partial charge in [-0.05, 0) is 43.0 Å². The zero-order valence-electron chi connectivity index (χ0n) is 12.2. The molecule has 0 fully saturated rings. The number of fused-ring (bicyclic) bond motifs is 1. The Morgan fingerprint density at radius 3 is 2.86 bits per heavy atom. The largest absolute Gasteiger partial charge is 0.478 e. The van der Waals surface area contributed by atoms with E-state index in [1.807, 2.05) is 12.1 Å². The fourth-order valence-electron chi connectivity index (χ4n) is 3.04. The zero-order valence-corrected chi connectivity index (χ0v) is 12.2. The molecule has 1 N–H and O–H groups in total. The van der Waals surface area contributed by atoms with Gasteiger partial charge in [-0.2, -0.15) is 0 Å². The predicted octanol–water partition coefficient (Wildman–Crippen LogP) is 3.65. The Morgan fingerprint density at radius 1 is 1.24 bits per heavy atom. The summed E-state index contributed by atoms with van der Waals surface area (Å²) in [5.41, 5.74) is 5.16. The van der Waals surface area contributed by atoms with Crippen LogP contribution in [0, 0.1) is 6.92 Å². The summed E-state index contributed by atoms with van der Waals surface area (Å²) in [5.74, 6) is -0.855. The summed E-state index contributed by atoms with van der Waals surface area (Å²) in [4.78, 5) is 13.6. The number of carboxylic acid groups (broad SMARTS) is 1. The van der Waals surface area contributed by atoms with Gasteiger partial charge in [0.05, 0.1) is 5.56 Å². The molecule has 0 radical (unpaired) electrons. The molecular weight excluding hydrogens is 262 g/mol. The lowest BCUT2D eigenvalue weighted by atomic mass is 9.98. The lowest BCUT2D eigenvalue weighted by Crippen LogP contribution is -2.29. The fourth-order valence-corrected chi connectivity index (χ4v) is 3.04. The minimum atomic E-state index is -0.855. The number of benzene rings is 2. The van der Waals surface area contributed by atoms with Crippen molar-refractivity contribution in [1.82, 2.24) is 0 Å². The van der Waals surface area contributed by atoms with Crippen LogP contribution in [0.1, 0.15) is 33.5 Å². The van der Waals surface area contributed by atoms with E-state index in [1.165, 1.54) is 16.8 Å². The molecule has 0 saturated heterocycles. The van der Waals surface area contributed by atoms with Crippen LogP contribution in [0.25, 0.3) is 0 Å². The van der Waals surface area contributed by atoms with Crippen LogP contribution < -0.4 is 4.90 Å². The number of aryl methyl sites for hydroxylation is 2. The first kappa shape index (κ1) is 13.7. The maximum absolute atomic E-state index is 11.3. The van der Waals surface area contributed by atoms with Gasteiger partial charge >= 0.3 is 5.97 Å². The summed E-state index contributed by atoms with van der Waals surface area (Å²) < 4.78 is 0. The van der Waals surface area contributed by atoms with Gasteiger partial charge in [-0.3, -0.25) is 0 Å². The Balaban J connectivity index is 1.92. The first-order valence-corrected chi connectivity index (χ1v) is 7.31. The maximum atomic E-state index is 11.3. The maximum Gasteiger partial charge on any atom is 0.336 e. The molecule has 21 heavy (non-hydrogen) atoms. The number of rotatable bonds is 3. The summed E-state index contributed by atoms with van der Waals surface area (Å²) in [6.07, 6.45) is 2.22. The molecular formula is C18H19NO2. The molecule has 0 aliphatic carbocycles. The molecule has 0 saturated carbocycles. The van der Waals surface area contributed by atoms with Crippen molar-refractivity contribution in [2.45, 2.75) is 26.3 Å². The first-order chi connectivity index (χ1) is 10.1. The second kappa shape index (κ2) is 5.60. The van der Waals surface area contributed by atoms with E-state index in [-0.39, 0.29) is 0 Å². The molecule has 0 amide bonds. The number of hydrogen-bond donors (Lipinski definition) is 1. The van der Waals surface area contributed by atoms with E-state index in [1.54, 1.807) is 12.1 Å². The van der Waals surface area contributed by atoms with Crippen molar-refractivity contribution in [3.63, 3.8) is 0 Å². The van der Waals surface area contributed by atoms with Crippen molar-refractivity contribution >= 4 is 11.7 Å². The highest BCUT2D eigenvalue weighted by atomic mass is 16.4. The van der Waals surface area contributed by atoms with E-state index in [0.29, 0.717) is 12.1 Å². The highest BCUT2D eigenvalue weighted by molar-refractivity contribution is 5.89. The quantitative estimate of drug-likeness (QED) is 0.933. The van der Waals surface area contributed by atoms with Crippen LogP contribution in [-0.4, -0.2) is 17.6 Å². The highest BCUT2D eigenvalue weighted by Crippen LogP contribution is 2.29. The predicted molar refractivity (Wildman–Crippen MR) is 84.0 cm³/mol. The topological polar surface area (TPSA) is 40.5 Å². The average Bonchev–Trinajstić information content (AvgIpc) is 2.47. The van der Waals surface area contributed by atoms with Crippen LogP contribution >= 0.6 is 0 Å². The molecule has 3 rings (SSSR count). The molecule has 1 aliphatic heterocycles. The van der Waals surface area contributed by atoms with Crippen LogP contribution in [-0.2, 0) is 13.0 Å². The van der Waals surface area contributed by atoms with E-state index < -0.39 is 5.97 Å². The van der Waals surface area contributed by atoms with Crippen LogP contribution in [0.4, 0.5) is 5.69 Å². The van der Waals surface area contributed by atoms with Crippen molar-refractivity contribution < 1.29 is 9.90 Å². The molecule has 0 spiro atoms. The molecule has 108 valence electrons. The normalized spacial score (nSPS) is 13.9. The average molecular weight is 281 g/mol. The van der Waals surface area contributed by atoms with Gasteiger partial charge in [0.2, 0.25) is 0 Å². The number of carbonyl (C=O) groups is 1. The SMILES string of the molecule is Cc1ccc2c(c1)CCCN2Cc1ccccc1C(=O)O. The van der Waals surface area contributed by atoms with Gasteiger partial charge in [0.25, 0.3) is 0 Å². The van der Waals surface area contributed by atoms with Gasteiger partial charge in [0.15, 0.2) is 0 Å². The summed E-state index contributed by atoms with van der Waals surface area (Å²) in [6, 6.07) is 13.8. The molecule has 2 aromatic rings. The Hall–Kier alpha value is -2.29. The van der Waals surface area contributed by atoms with Crippen molar-refractivity contribution in [2.24, 2.45) is 0 Å². The molecule has 0 bridgehead atoms. The first-order valence-electron chi connectivity index (χ1n) is 7.31. The molecule has 2 aromatic carbocycles. The lowest BCUT2D eigenvalue weighted by Gasteiger charge is -2.32. The Bertz CT molecular complexity index is 679. The monoisotopic (exact) mass is 281 g/mol. The Kier molecular flexibility index (Phi) is 3.65. The van der Waals surface area contributed by atoms with Gasteiger partial charge in [-0.25, -0.2) is 4.79 Å². The highest BCUT2D eigenvalue weighted by Gasteiger charge is 2.19. The molecule has 3 nitrogen and oxygen atoms in total. The van der Waals surface area contributed by atoms with E-state index >= 15 is 0 Å². The molecule has 0 unspecified atom stereocenters. The number of anilines is 1. The van der Waals surface area contributed by atoms with Gasteiger partial charge in [-0.15, -0.1) is 0 Å². The van der Waals surface area contributed by atoms with Crippen molar-refractivity contribution in [3.8, 4) is 0 Å². The van der Waals surface area contributed by atoms with Gasteiger partial charge < -0.3 is 10.0 Å². The van der Waals surface area contributed by atoms with Crippen LogP contribution in [0.15, 0.2) is 42.5 Å². The van der Waals surface area contributed by atoms with E-state index in [0.717, 1.165) is 24.9 Å². The minimum Gasteiger partial charge on any atom is -0.478 e. The molecule has 0 atom stereocenters. The number of aromatic carboxylic acids is 1. The summed E-state index contributed by atoms with van der Waals surface area (Å²) in [5, 5.41) is 9.31.